The monoisotopic (exact) mass is 537 g/mol. The number of carbonyl (C=O) groups excluding carboxylic acids is 3. The van der Waals surface area contributed by atoms with Crippen LogP contribution in [0.5, 0.6) is 5.75 Å². The Balaban J connectivity index is 1.53. The zero-order valence-electron chi connectivity index (χ0n) is 23.0. The van der Waals surface area contributed by atoms with Crippen LogP contribution in [0.15, 0.2) is 42.5 Å². The largest absolute Gasteiger partial charge is 0.508 e. The van der Waals surface area contributed by atoms with E-state index in [1.54, 1.807) is 13.0 Å². The number of benzene rings is 2. The number of esters is 1. The number of morpholine rings is 1. The number of amides is 3. The summed E-state index contributed by atoms with van der Waals surface area (Å²) in [6, 6.07) is 12.9. The summed E-state index contributed by atoms with van der Waals surface area (Å²) in [4.78, 5) is 39.4. The normalized spacial score (nSPS) is 18.2. The highest BCUT2D eigenvalue weighted by molar-refractivity contribution is 5.89. The van der Waals surface area contributed by atoms with Crippen molar-refractivity contribution in [1.29, 1.82) is 0 Å². The number of fused-ring (bicyclic) bond motifs is 1. The molecule has 2 aromatic carbocycles. The standard InChI is InChI=1S/C30H39N3O6/c1-4-39-25(36)20-31-28(37)32-30(26-22(13-14-23(34)27(26)30)21-10-6-5-7-11-21)29(2,3)15-9-8-12-24(35)33-16-18-38-19-17-33/h5-7,10-11,13-14,34H,4,8-9,12,15-20H2,1-3H3,(H2,31,32,37). The molecule has 1 atom stereocenters. The van der Waals surface area contributed by atoms with Gasteiger partial charge >= 0.3 is 12.0 Å². The van der Waals surface area contributed by atoms with E-state index in [4.69, 9.17) is 9.47 Å². The van der Waals surface area contributed by atoms with Gasteiger partial charge in [-0.15, -0.1) is 0 Å². The summed E-state index contributed by atoms with van der Waals surface area (Å²) in [6.07, 6.45) is 2.65. The van der Waals surface area contributed by atoms with Gasteiger partial charge in [-0.2, -0.15) is 0 Å². The predicted octanol–water partition coefficient (Wildman–Crippen LogP) is 3.92. The highest BCUT2D eigenvalue weighted by atomic mass is 16.5. The molecule has 9 heteroatoms. The van der Waals surface area contributed by atoms with Crippen molar-refractivity contribution in [3.63, 3.8) is 0 Å². The second kappa shape index (κ2) is 12.1. The van der Waals surface area contributed by atoms with Gasteiger partial charge in [-0.05, 0) is 42.4 Å². The van der Waals surface area contributed by atoms with E-state index >= 15 is 0 Å². The van der Waals surface area contributed by atoms with E-state index in [1.165, 1.54) is 0 Å². The van der Waals surface area contributed by atoms with Gasteiger partial charge in [0.25, 0.3) is 0 Å². The highest BCUT2D eigenvalue weighted by Gasteiger charge is 2.64. The average Bonchev–Trinajstić information content (AvgIpc) is 3.62. The molecule has 1 saturated heterocycles. The van der Waals surface area contributed by atoms with Crippen molar-refractivity contribution in [2.24, 2.45) is 5.41 Å². The van der Waals surface area contributed by atoms with Crippen LogP contribution in [-0.4, -0.2) is 67.4 Å². The maximum absolute atomic E-state index is 13.1. The number of nitrogens with one attached hydrogen (secondary N) is 2. The van der Waals surface area contributed by atoms with Crippen molar-refractivity contribution < 1.29 is 29.0 Å². The molecular weight excluding hydrogens is 498 g/mol. The molecular formula is C30H39N3O6. The Hall–Kier alpha value is -3.59. The molecule has 1 aliphatic heterocycles. The minimum absolute atomic E-state index is 0.117. The second-order valence-electron chi connectivity index (χ2n) is 10.7. The molecule has 1 heterocycles. The first kappa shape index (κ1) is 28.4. The van der Waals surface area contributed by atoms with E-state index in [0.717, 1.165) is 29.5 Å². The van der Waals surface area contributed by atoms with Crippen LogP contribution in [0, 0.1) is 5.41 Å². The first-order valence-electron chi connectivity index (χ1n) is 13.7. The lowest BCUT2D eigenvalue weighted by molar-refractivity contribution is -0.141. The summed E-state index contributed by atoms with van der Waals surface area (Å²) >= 11 is 0. The lowest BCUT2D eigenvalue weighted by Crippen LogP contribution is -2.51. The SMILES string of the molecule is CCOC(=O)CNC(=O)NC1(C(C)(C)CCCCC(=O)N2CCOCC2)c2c(O)ccc(-c3ccccc3)c21. The van der Waals surface area contributed by atoms with Crippen LogP contribution >= 0.6 is 0 Å². The average molecular weight is 538 g/mol. The summed E-state index contributed by atoms with van der Waals surface area (Å²) < 4.78 is 10.3. The van der Waals surface area contributed by atoms with Crippen LogP contribution in [-0.2, 0) is 24.6 Å². The quantitative estimate of drug-likeness (QED) is 0.295. The lowest BCUT2D eigenvalue weighted by atomic mass is 9.74. The summed E-state index contributed by atoms with van der Waals surface area (Å²) in [6.45, 7) is 8.24. The van der Waals surface area contributed by atoms with E-state index in [2.05, 4.69) is 24.5 Å². The number of phenols is 1. The van der Waals surface area contributed by atoms with Crippen molar-refractivity contribution >= 4 is 17.9 Å². The van der Waals surface area contributed by atoms with Crippen molar-refractivity contribution in [2.45, 2.75) is 52.0 Å². The molecule has 3 amide bonds. The van der Waals surface area contributed by atoms with E-state index in [-0.39, 0.29) is 24.8 Å². The van der Waals surface area contributed by atoms with Crippen molar-refractivity contribution in [2.75, 3.05) is 39.5 Å². The Morgan fingerprint density at radius 1 is 1.05 bits per heavy atom. The molecule has 0 aromatic heterocycles. The Kier molecular flexibility index (Phi) is 8.80. The van der Waals surface area contributed by atoms with Gasteiger partial charge < -0.3 is 30.1 Å². The fraction of sp³-hybridized carbons (Fsp3) is 0.500. The smallest absolute Gasteiger partial charge is 0.325 e. The Bertz CT molecular complexity index is 1190. The number of phenolic OH excluding ortho intramolecular Hbond substituents is 1. The predicted molar refractivity (Wildman–Crippen MR) is 147 cm³/mol. The van der Waals surface area contributed by atoms with Gasteiger partial charge in [0.15, 0.2) is 0 Å². The molecule has 210 valence electrons. The molecule has 39 heavy (non-hydrogen) atoms. The lowest BCUT2D eigenvalue weighted by Gasteiger charge is -2.37. The minimum Gasteiger partial charge on any atom is -0.508 e. The van der Waals surface area contributed by atoms with Crippen molar-refractivity contribution in [3.8, 4) is 16.9 Å². The van der Waals surface area contributed by atoms with Crippen LogP contribution in [0.4, 0.5) is 4.79 Å². The van der Waals surface area contributed by atoms with Gasteiger partial charge in [0.2, 0.25) is 5.91 Å². The highest BCUT2D eigenvalue weighted by Crippen LogP contribution is 2.65. The van der Waals surface area contributed by atoms with Crippen LogP contribution in [0.1, 0.15) is 57.6 Å². The Labute approximate surface area is 229 Å². The number of aromatic hydroxyl groups is 1. The zero-order valence-corrected chi connectivity index (χ0v) is 23.0. The summed E-state index contributed by atoms with van der Waals surface area (Å²) in [7, 11) is 0. The van der Waals surface area contributed by atoms with E-state index < -0.39 is 23.0 Å². The van der Waals surface area contributed by atoms with Gasteiger partial charge in [0.1, 0.15) is 17.8 Å². The van der Waals surface area contributed by atoms with E-state index in [1.807, 2.05) is 41.3 Å². The third kappa shape index (κ3) is 6.03. The third-order valence-electron chi connectivity index (χ3n) is 7.78. The van der Waals surface area contributed by atoms with Crippen molar-refractivity contribution in [3.05, 3.63) is 53.6 Å². The third-order valence-corrected chi connectivity index (χ3v) is 7.78. The number of carbonyl (C=O) groups is 3. The molecule has 0 bridgehead atoms. The number of hydrogen-bond acceptors (Lipinski definition) is 6. The van der Waals surface area contributed by atoms with E-state index in [9.17, 15) is 19.5 Å². The molecule has 9 nitrogen and oxygen atoms in total. The number of ether oxygens (including phenoxy) is 2. The molecule has 1 unspecified atom stereocenters. The molecule has 0 radical (unpaired) electrons. The van der Waals surface area contributed by atoms with Gasteiger partial charge in [0, 0.05) is 30.6 Å². The van der Waals surface area contributed by atoms with Crippen molar-refractivity contribution in [1.82, 2.24) is 15.5 Å². The van der Waals surface area contributed by atoms with E-state index in [0.29, 0.717) is 44.7 Å². The zero-order chi connectivity index (χ0) is 28.0. The molecule has 1 aliphatic carbocycles. The number of hydrogen-bond donors (Lipinski definition) is 3. The maximum Gasteiger partial charge on any atom is 0.325 e. The number of nitrogens with zero attached hydrogens (tertiary/aromatic N) is 1. The van der Waals surface area contributed by atoms with Crippen LogP contribution in [0.2, 0.25) is 0 Å². The molecule has 2 aliphatic rings. The summed E-state index contributed by atoms with van der Waals surface area (Å²) in [5.74, 6) is -0.265. The molecule has 2 aromatic rings. The van der Waals surface area contributed by atoms with Gasteiger partial charge in [-0.25, -0.2) is 4.79 Å². The van der Waals surface area contributed by atoms with Gasteiger partial charge in [0.05, 0.1) is 19.8 Å². The first-order valence-corrected chi connectivity index (χ1v) is 13.7. The van der Waals surface area contributed by atoms with Gasteiger partial charge in [-0.1, -0.05) is 56.7 Å². The molecule has 4 rings (SSSR count). The number of rotatable bonds is 11. The number of urea groups is 1. The van der Waals surface area contributed by atoms with Gasteiger partial charge in [-0.3, -0.25) is 9.59 Å². The Morgan fingerprint density at radius 2 is 1.77 bits per heavy atom. The van der Waals surface area contributed by atoms with Crippen LogP contribution in [0.3, 0.4) is 0 Å². The topological polar surface area (TPSA) is 117 Å². The summed E-state index contributed by atoms with van der Waals surface area (Å²) in [5, 5.41) is 16.6. The summed E-state index contributed by atoms with van der Waals surface area (Å²) in [5.41, 5.74) is 2.01. The fourth-order valence-electron chi connectivity index (χ4n) is 5.68. The molecule has 0 saturated carbocycles. The molecule has 3 N–H and O–H groups in total. The van der Waals surface area contributed by atoms with Crippen LogP contribution < -0.4 is 10.6 Å². The molecule has 1 fully saturated rings. The van der Waals surface area contributed by atoms with Crippen LogP contribution in [0.25, 0.3) is 11.1 Å². The second-order valence-corrected chi connectivity index (χ2v) is 10.7. The first-order chi connectivity index (χ1) is 18.7. The number of unbranched alkanes of at least 4 members (excludes halogenated alkanes) is 1. The maximum atomic E-state index is 13.1. The Morgan fingerprint density at radius 3 is 2.46 bits per heavy atom. The minimum atomic E-state index is -0.946. The molecule has 0 spiro atoms. The fourth-order valence-corrected chi connectivity index (χ4v) is 5.68.